The van der Waals surface area contributed by atoms with Gasteiger partial charge in [-0.25, -0.2) is 0 Å². The average Bonchev–Trinajstić information content (AvgIpc) is 2.61. The van der Waals surface area contributed by atoms with Crippen LogP contribution in [0, 0.1) is 16.7 Å². The van der Waals surface area contributed by atoms with E-state index in [0.717, 1.165) is 5.92 Å². The number of carbonyl (C=O) groups is 1. The van der Waals surface area contributed by atoms with Crippen LogP contribution in [0.15, 0.2) is 0 Å². The van der Waals surface area contributed by atoms with Crippen LogP contribution in [-0.4, -0.2) is 5.78 Å². The summed E-state index contributed by atoms with van der Waals surface area (Å²) in [6, 6.07) is 0. The van der Waals surface area contributed by atoms with Crippen molar-refractivity contribution in [1.82, 2.24) is 0 Å². The van der Waals surface area contributed by atoms with Gasteiger partial charge in [0.15, 0.2) is 0 Å². The number of hydrogen-bond donors (Lipinski definition) is 0. The maximum absolute atomic E-state index is 11.6. The number of fused-ring (bicyclic) bond motifs is 2. The van der Waals surface area contributed by atoms with E-state index in [1.54, 1.807) is 6.92 Å². The van der Waals surface area contributed by atoms with Gasteiger partial charge in [-0.05, 0) is 50.4 Å². The molecule has 0 radical (unpaired) electrons. The lowest BCUT2D eigenvalue weighted by molar-refractivity contribution is -0.126. The predicted molar refractivity (Wildman–Crippen MR) is 53.5 cm³/mol. The van der Waals surface area contributed by atoms with Gasteiger partial charge in [-0.2, -0.15) is 0 Å². The highest BCUT2D eigenvalue weighted by Gasteiger charge is 2.57. The van der Waals surface area contributed by atoms with Crippen molar-refractivity contribution in [2.75, 3.05) is 0 Å². The SMILES string of the molecule is CC(=O)C12CCC(C(C)C)(CC1)C2. The first kappa shape index (κ1) is 9.23. The van der Waals surface area contributed by atoms with Gasteiger partial charge in [-0.15, -0.1) is 0 Å². The minimum Gasteiger partial charge on any atom is -0.299 e. The molecule has 74 valence electrons. The van der Waals surface area contributed by atoms with Crippen molar-refractivity contribution < 1.29 is 4.79 Å². The van der Waals surface area contributed by atoms with E-state index in [-0.39, 0.29) is 5.41 Å². The van der Waals surface area contributed by atoms with Gasteiger partial charge >= 0.3 is 0 Å². The van der Waals surface area contributed by atoms with Crippen molar-refractivity contribution in [1.29, 1.82) is 0 Å². The zero-order valence-corrected chi connectivity index (χ0v) is 9.02. The number of rotatable bonds is 2. The molecule has 2 bridgehead atoms. The summed E-state index contributed by atoms with van der Waals surface area (Å²) in [4.78, 5) is 11.6. The quantitative estimate of drug-likeness (QED) is 0.638. The number of carbonyl (C=O) groups excluding carboxylic acids is 1. The molecule has 2 aliphatic rings. The van der Waals surface area contributed by atoms with Crippen molar-refractivity contribution in [3.05, 3.63) is 0 Å². The molecule has 0 aliphatic heterocycles. The Morgan fingerprint density at radius 3 is 1.92 bits per heavy atom. The number of Topliss-reactive ketones (excluding diaryl/α,β-unsaturated/α-hetero) is 1. The topological polar surface area (TPSA) is 17.1 Å². The van der Waals surface area contributed by atoms with Gasteiger partial charge in [0.2, 0.25) is 0 Å². The minimum atomic E-state index is 0.115. The summed E-state index contributed by atoms with van der Waals surface area (Å²) >= 11 is 0. The Labute approximate surface area is 80.9 Å². The van der Waals surface area contributed by atoms with Crippen molar-refractivity contribution >= 4 is 5.78 Å². The van der Waals surface area contributed by atoms with Crippen LogP contribution in [0.25, 0.3) is 0 Å². The van der Waals surface area contributed by atoms with Gasteiger partial charge in [-0.1, -0.05) is 13.8 Å². The summed E-state index contributed by atoms with van der Waals surface area (Å²) in [6.07, 6.45) is 6.11. The van der Waals surface area contributed by atoms with E-state index < -0.39 is 0 Å². The highest BCUT2D eigenvalue weighted by atomic mass is 16.1. The van der Waals surface area contributed by atoms with E-state index in [1.165, 1.54) is 32.1 Å². The molecule has 0 spiro atoms. The molecule has 2 fully saturated rings. The van der Waals surface area contributed by atoms with Gasteiger partial charge in [0.1, 0.15) is 5.78 Å². The molecule has 13 heavy (non-hydrogen) atoms. The molecule has 2 rings (SSSR count). The van der Waals surface area contributed by atoms with Crippen LogP contribution >= 0.6 is 0 Å². The van der Waals surface area contributed by atoms with Crippen LogP contribution in [0.4, 0.5) is 0 Å². The Morgan fingerprint density at radius 2 is 1.69 bits per heavy atom. The molecule has 0 aromatic heterocycles. The smallest absolute Gasteiger partial charge is 0.135 e. The van der Waals surface area contributed by atoms with Crippen molar-refractivity contribution in [2.45, 2.75) is 52.9 Å². The molecule has 1 heteroatoms. The van der Waals surface area contributed by atoms with Crippen LogP contribution in [0.3, 0.4) is 0 Å². The Balaban J connectivity index is 2.24. The Bertz CT molecular complexity index is 232. The van der Waals surface area contributed by atoms with E-state index in [0.29, 0.717) is 11.2 Å². The first-order valence-electron chi connectivity index (χ1n) is 5.52. The Morgan fingerprint density at radius 1 is 1.15 bits per heavy atom. The Kier molecular flexibility index (Phi) is 1.84. The monoisotopic (exact) mass is 180 g/mol. The molecule has 1 nitrogen and oxygen atoms in total. The molecule has 0 N–H and O–H groups in total. The first-order valence-corrected chi connectivity index (χ1v) is 5.52. The fraction of sp³-hybridized carbons (Fsp3) is 0.917. The highest BCUT2D eigenvalue weighted by Crippen LogP contribution is 2.64. The minimum absolute atomic E-state index is 0.115. The molecule has 0 unspecified atom stereocenters. The fourth-order valence-corrected chi connectivity index (χ4v) is 3.51. The van der Waals surface area contributed by atoms with Crippen LogP contribution in [0.1, 0.15) is 52.9 Å². The standard InChI is InChI=1S/C12H20O/c1-9(2)11-4-6-12(8-11,7-5-11)10(3)13/h9H,4-8H2,1-3H3. The maximum Gasteiger partial charge on any atom is 0.135 e. The van der Waals surface area contributed by atoms with Gasteiger partial charge in [0.05, 0.1) is 0 Å². The third kappa shape index (κ3) is 1.09. The maximum atomic E-state index is 11.6. The van der Waals surface area contributed by atoms with E-state index in [2.05, 4.69) is 13.8 Å². The summed E-state index contributed by atoms with van der Waals surface area (Å²) in [5.41, 5.74) is 0.649. The van der Waals surface area contributed by atoms with Crippen molar-refractivity contribution in [2.24, 2.45) is 16.7 Å². The van der Waals surface area contributed by atoms with Gasteiger partial charge < -0.3 is 0 Å². The third-order valence-corrected chi connectivity index (χ3v) is 4.86. The second-order valence-corrected chi connectivity index (χ2v) is 5.53. The lowest BCUT2D eigenvalue weighted by Crippen LogP contribution is -2.23. The van der Waals surface area contributed by atoms with Crippen LogP contribution in [0.5, 0.6) is 0 Å². The van der Waals surface area contributed by atoms with E-state index in [4.69, 9.17) is 0 Å². The van der Waals surface area contributed by atoms with E-state index in [9.17, 15) is 4.79 Å². The summed E-state index contributed by atoms with van der Waals surface area (Å²) in [7, 11) is 0. The third-order valence-electron chi connectivity index (χ3n) is 4.86. The summed E-state index contributed by atoms with van der Waals surface area (Å²) in [5.74, 6) is 1.21. The van der Waals surface area contributed by atoms with Gasteiger partial charge in [-0.3, -0.25) is 4.79 Å². The average molecular weight is 180 g/mol. The van der Waals surface area contributed by atoms with E-state index >= 15 is 0 Å². The molecule has 0 saturated heterocycles. The normalized spacial score (nSPS) is 43.1. The molecule has 2 aliphatic carbocycles. The van der Waals surface area contributed by atoms with Crippen LogP contribution < -0.4 is 0 Å². The molecule has 0 aromatic carbocycles. The molecule has 2 saturated carbocycles. The summed E-state index contributed by atoms with van der Waals surface area (Å²) < 4.78 is 0. The van der Waals surface area contributed by atoms with Gasteiger partial charge in [0.25, 0.3) is 0 Å². The zero-order valence-electron chi connectivity index (χ0n) is 9.02. The second-order valence-electron chi connectivity index (χ2n) is 5.53. The van der Waals surface area contributed by atoms with Gasteiger partial charge in [0, 0.05) is 5.41 Å². The molecule has 0 amide bonds. The first-order chi connectivity index (χ1) is 6.01. The summed E-state index contributed by atoms with van der Waals surface area (Å²) in [5, 5.41) is 0. The van der Waals surface area contributed by atoms with Crippen LogP contribution in [0.2, 0.25) is 0 Å². The predicted octanol–water partition coefficient (Wildman–Crippen LogP) is 3.18. The lowest BCUT2D eigenvalue weighted by atomic mass is 9.74. The molecular formula is C12H20O. The zero-order chi connectivity index (χ0) is 9.69. The molecule has 0 aromatic rings. The second kappa shape index (κ2) is 2.59. The largest absolute Gasteiger partial charge is 0.299 e. The number of hydrogen-bond acceptors (Lipinski definition) is 1. The number of ketones is 1. The molecular weight excluding hydrogens is 160 g/mol. The lowest BCUT2D eigenvalue weighted by Gasteiger charge is -2.30. The molecule has 0 atom stereocenters. The highest BCUT2D eigenvalue weighted by molar-refractivity contribution is 5.83. The van der Waals surface area contributed by atoms with Crippen molar-refractivity contribution in [3.8, 4) is 0 Å². The van der Waals surface area contributed by atoms with E-state index in [1.807, 2.05) is 0 Å². The van der Waals surface area contributed by atoms with Crippen LogP contribution in [-0.2, 0) is 4.79 Å². The summed E-state index contributed by atoms with van der Waals surface area (Å²) in [6.45, 7) is 6.44. The molecule has 0 heterocycles. The van der Waals surface area contributed by atoms with Crippen molar-refractivity contribution in [3.63, 3.8) is 0 Å². The fourth-order valence-electron chi connectivity index (χ4n) is 3.51. The Hall–Kier alpha value is -0.330.